The van der Waals surface area contributed by atoms with Crippen molar-refractivity contribution in [1.82, 2.24) is 9.88 Å². The number of likely N-dealkylation sites (tertiary alicyclic amines) is 1. The fourth-order valence-corrected chi connectivity index (χ4v) is 3.57. The molecule has 116 valence electrons. The zero-order valence-electron chi connectivity index (χ0n) is 12.4. The zero-order chi connectivity index (χ0) is 15.5. The summed E-state index contributed by atoms with van der Waals surface area (Å²) in [6.45, 7) is 0.959. The van der Waals surface area contributed by atoms with Crippen LogP contribution in [0.25, 0.3) is 0 Å². The molecule has 0 bridgehead atoms. The Bertz CT molecular complexity index is 673. The van der Waals surface area contributed by atoms with Crippen LogP contribution in [0.5, 0.6) is 0 Å². The van der Waals surface area contributed by atoms with Crippen LogP contribution in [-0.4, -0.2) is 35.4 Å². The number of likely N-dealkylation sites (N-methyl/N-ethyl adjacent to an activating group) is 1. The molecule has 1 aliphatic rings. The monoisotopic (exact) mass is 319 g/mol. The number of anilines is 1. The van der Waals surface area contributed by atoms with Gasteiger partial charge in [-0.1, -0.05) is 12.1 Å². The maximum absolute atomic E-state index is 13.2. The average Bonchev–Trinajstić information content (AvgIpc) is 3.08. The van der Waals surface area contributed by atoms with E-state index < -0.39 is 0 Å². The van der Waals surface area contributed by atoms with Gasteiger partial charge in [-0.2, -0.15) is 0 Å². The van der Waals surface area contributed by atoms with Crippen molar-refractivity contribution in [1.29, 1.82) is 0 Å². The Morgan fingerprint density at radius 1 is 1.55 bits per heavy atom. The second-order valence-electron chi connectivity index (χ2n) is 5.57. The third-order valence-electron chi connectivity index (χ3n) is 3.87. The van der Waals surface area contributed by atoms with Crippen molar-refractivity contribution in [3.63, 3.8) is 0 Å². The van der Waals surface area contributed by atoms with E-state index in [0.717, 1.165) is 29.8 Å². The largest absolute Gasteiger partial charge is 0.301 e. The number of amides is 1. The Hall–Kier alpha value is -1.79. The molecule has 2 aromatic rings. The number of halogens is 1. The number of hydrogen-bond donors (Lipinski definition) is 1. The Kier molecular flexibility index (Phi) is 4.49. The Morgan fingerprint density at radius 2 is 2.41 bits per heavy atom. The summed E-state index contributed by atoms with van der Waals surface area (Å²) in [5.74, 6) is -0.230. The lowest BCUT2D eigenvalue weighted by atomic mass is 10.1. The Labute approximate surface area is 133 Å². The van der Waals surface area contributed by atoms with Gasteiger partial charge in [-0.3, -0.25) is 9.69 Å². The smallest absolute Gasteiger partial charge is 0.243 e. The summed E-state index contributed by atoms with van der Waals surface area (Å²) in [7, 11) is 1.97. The van der Waals surface area contributed by atoms with E-state index in [-0.39, 0.29) is 17.8 Å². The summed E-state index contributed by atoms with van der Waals surface area (Å²) in [4.78, 5) is 19.5. The van der Waals surface area contributed by atoms with Crippen LogP contribution in [0.1, 0.15) is 23.3 Å². The van der Waals surface area contributed by atoms with Crippen molar-refractivity contribution >= 4 is 22.4 Å². The van der Waals surface area contributed by atoms with E-state index in [2.05, 4.69) is 15.2 Å². The highest BCUT2D eigenvalue weighted by Crippen LogP contribution is 2.23. The SMILES string of the molecule is CN1CCCC1C(=O)Nc1ncc(Cc2cccc(F)c2)s1. The molecule has 0 radical (unpaired) electrons. The first kappa shape index (κ1) is 15.1. The van der Waals surface area contributed by atoms with Crippen LogP contribution < -0.4 is 5.32 Å². The van der Waals surface area contributed by atoms with Gasteiger partial charge >= 0.3 is 0 Å². The summed E-state index contributed by atoms with van der Waals surface area (Å²) in [5.41, 5.74) is 0.900. The standard InChI is InChI=1S/C16H18FN3OS/c1-20-7-3-6-14(20)15(21)19-16-18-10-13(22-16)9-11-4-2-5-12(17)8-11/h2,4-5,8,10,14H,3,6-7,9H2,1H3,(H,18,19,21). The highest BCUT2D eigenvalue weighted by Gasteiger charge is 2.28. The number of aromatic nitrogens is 1. The third kappa shape index (κ3) is 3.51. The molecule has 1 aromatic heterocycles. The number of rotatable bonds is 4. The summed E-state index contributed by atoms with van der Waals surface area (Å²) < 4.78 is 13.2. The van der Waals surface area contributed by atoms with E-state index in [9.17, 15) is 9.18 Å². The molecule has 1 aromatic carbocycles. The number of nitrogens with one attached hydrogen (secondary N) is 1. The Morgan fingerprint density at radius 3 is 3.14 bits per heavy atom. The lowest BCUT2D eigenvalue weighted by Gasteiger charge is -2.17. The molecule has 22 heavy (non-hydrogen) atoms. The molecule has 1 aliphatic heterocycles. The van der Waals surface area contributed by atoms with Gasteiger partial charge in [0, 0.05) is 17.5 Å². The van der Waals surface area contributed by atoms with Crippen molar-refractivity contribution < 1.29 is 9.18 Å². The maximum Gasteiger partial charge on any atom is 0.243 e. The van der Waals surface area contributed by atoms with Gasteiger partial charge < -0.3 is 5.32 Å². The molecule has 6 heteroatoms. The molecule has 4 nitrogen and oxygen atoms in total. The number of carbonyl (C=O) groups excluding carboxylic acids is 1. The first-order chi connectivity index (χ1) is 10.6. The highest BCUT2D eigenvalue weighted by molar-refractivity contribution is 7.15. The summed E-state index contributed by atoms with van der Waals surface area (Å²) in [5, 5.41) is 3.49. The number of benzene rings is 1. The zero-order valence-corrected chi connectivity index (χ0v) is 13.2. The van der Waals surface area contributed by atoms with E-state index in [4.69, 9.17) is 0 Å². The fourth-order valence-electron chi connectivity index (χ4n) is 2.73. The van der Waals surface area contributed by atoms with Gasteiger partial charge in [-0.15, -0.1) is 11.3 Å². The van der Waals surface area contributed by atoms with Crippen LogP contribution in [0.3, 0.4) is 0 Å². The van der Waals surface area contributed by atoms with Crippen LogP contribution in [0.15, 0.2) is 30.5 Å². The van der Waals surface area contributed by atoms with Gasteiger partial charge in [0.1, 0.15) is 5.82 Å². The topological polar surface area (TPSA) is 45.2 Å². The van der Waals surface area contributed by atoms with Crippen molar-refractivity contribution in [2.75, 3.05) is 18.9 Å². The fraction of sp³-hybridized carbons (Fsp3) is 0.375. The number of nitrogens with zero attached hydrogens (tertiary/aromatic N) is 2. The quantitative estimate of drug-likeness (QED) is 0.942. The summed E-state index contributed by atoms with van der Waals surface area (Å²) in [6.07, 6.45) is 4.30. The molecule has 3 rings (SSSR count). The van der Waals surface area contributed by atoms with Crippen LogP contribution in [-0.2, 0) is 11.2 Å². The van der Waals surface area contributed by atoms with E-state index >= 15 is 0 Å². The second-order valence-corrected chi connectivity index (χ2v) is 6.68. The summed E-state index contributed by atoms with van der Waals surface area (Å²) >= 11 is 1.44. The van der Waals surface area contributed by atoms with E-state index in [1.165, 1.54) is 23.5 Å². The minimum atomic E-state index is -0.236. The number of thiazole rings is 1. The molecule has 1 N–H and O–H groups in total. The van der Waals surface area contributed by atoms with E-state index in [0.29, 0.717) is 11.6 Å². The molecule has 1 saturated heterocycles. The maximum atomic E-state index is 13.2. The number of hydrogen-bond acceptors (Lipinski definition) is 4. The Balaban J connectivity index is 1.62. The lowest BCUT2D eigenvalue weighted by Crippen LogP contribution is -2.37. The highest BCUT2D eigenvalue weighted by atomic mass is 32.1. The van der Waals surface area contributed by atoms with Crippen LogP contribution in [0, 0.1) is 5.82 Å². The molecular formula is C16H18FN3OS. The molecule has 1 unspecified atom stereocenters. The van der Waals surface area contributed by atoms with Crippen LogP contribution >= 0.6 is 11.3 Å². The third-order valence-corrected chi connectivity index (χ3v) is 4.79. The van der Waals surface area contributed by atoms with Crippen molar-refractivity contribution in [3.8, 4) is 0 Å². The minimum Gasteiger partial charge on any atom is -0.301 e. The van der Waals surface area contributed by atoms with Crippen molar-refractivity contribution in [2.45, 2.75) is 25.3 Å². The lowest BCUT2D eigenvalue weighted by molar-refractivity contribution is -0.119. The summed E-state index contributed by atoms with van der Waals surface area (Å²) in [6, 6.07) is 6.47. The van der Waals surface area contributed by atoms with Gasteiger partial charge in [-0.25, -0.2) is 9.37 Å². The van der Waals surface area contributed by atoms with E-state index in [1.54, 1.807) is 12.3 Å². The normalized spacial score (nSPS) is 18.5. The second kappa shape index (κ2) is 6.54. The molecule has 1 amide bonds. The van der Waals surface area contributed by atoms with Gasteiger partial charge in [0.2, 0.25) is 5.91 Å². The predicted octanol–water partition coefficient (Wildman–Crippen LogP) is 2.91. The van der Waals surface area contributed by atoms with Crippen molar-refractivity contribution in [3.05, 3.63) is 46.7 Å². The van der Waals surface area contributed by atoms with Crippen LogP contribution in [0.4, 0.5) is 9.52 Å². The van der Waals surface area contributed by atoms with Crippen LogP contribution in [0.2, 0.25) is 0 Å². The van der Waals surface area contributed by atoms with Gasteiger partial charge in [0.05, 0.1) is 6.04 Å². The molecule has 2 heterocycles. The first-order valence-corrected chi connectivity index (χ1v) is 8.14. The van der Waals surface area contributed by atoms with Gasteiger partial charge in [0.25, 0.3) is 0 Å². The minimum absolute atomic E-state index is 0.00616. The molecular weight excluding hydrogens is 301 g/mol. The molecule has 0 saturated carbocycles. The van der Waals surface area contributed by atoms with Crippen molar-refractivity contribution in [2.24, 2.45) is 0 Å². The molecule has 0 aliphatic carbocycles. The molecule has 0 spiro atoms. The molecule has 1 atom stereocenters. The number of carbonyl (C=O) groups is 1. The average molecular weight is 319 g/mol. The van der Waals surface area contributed by atoms with Gasteiger partial charge in [-0.05, 0) is 44.1 Å². The molecule has 1 fully saturated rings. The van der Waals surface area contributed by atoms with E-state index in [1.807, 2.05) is 13.1 Å². The first-order valence-electron chi connectivity index (χ1n) is 7.32. The van der Waals surface area contributed by atoms with Gasteiger partial charge in [0.15, 0.2) is 5.13 Å². The predicted molar refractivity (Wildman–Crippen MR) is 85.6 cm³/mol.